The smallest absolute Gasteiger partial charge is 0.238 e. The lowest BCUT2D eigenvalue weighted by atomic mass is 9.85. The van der Waals surface area contributed by atoms with Crippen molar-refractivity contribution < 1.29 is 9.59 Å². The van der Waals surface area contributed by atoms with E-state index in [4.69, 9.17) is 28.9 Å². The van der Waals surface area contributed by atoms with Crippen molar-refractivity contribution in [1.29, 1.82) is 0 Å². The van der Waals surface area contributed by atoms with E-state index in [1.165, 1.54) is 17.0 Å². The molecule has 108 valence electrons. The van der Waals surface area contributed by atoms with Crippen LogP contribution in [0.3, 0.4) is 0 Å². The molecule has 2 N–H and O–H groups in total. The highest BCUT2D eigenvalue weighted by Crippen LogP contribution is 2.53. The highest BCUT2D eigenvalue weighted by Gasteiger charge is 2.59. The van der Waals surface area contributed by atoms with Gasteiger partial charge in [0.05, 0.1) is 33.3 Å². The number of nitrogens with two attached hydrogens (primary N) is 1. The van der Waals surface area contributed by atoms with E-state index in [9.17, 15) is 9.59 Å². The minimum atomic E-state index is -0.234. The topological polar surface area (TPSA) is 63.4 Å². The predicted octanol–water partition coefficient (Wildman–Crippen LogP) is 2.89. The van der Waals surface area contributed by atoms with Gasteiger partial charge in [0.2, 0.25) is 11.8 Å². The molecule has 4 atom stereocenters. The Kier molecular flexibility index (Phi) is 2.66. The molecule has 1 aromatic rings. The fourth-order valence-corrected chi connectivity index (χ4v) is 4.33. The zero-order valence-electron chi connectivity index (χ0n) is 10.9. The monoisotopic (exact) mass is 322 g/mol. The molecule has 2 amide bonds. The van der Waals surface area contributed by atoms with Gasteiger partial charge >= 0.3 is 0 Å². The molecule has 4 nitrogen and oxygen atoms in total. The van der Waals surface area contributed by atoms with Crippen LogP contribution in [0.2, 0.25) is 10.0 Å². The second-order valence-corrected chi connectivity index (χ2v) is 6.65. The minimum Gasteiger partial charge on any atom is -0.396 e. The van der Waals surface area contributed by atoms with Gasteiger partial charge in [0.1, 0.15) is 0 Å². The molecule has 1 aromatic carbocycles. The van der Waals surface area contributed by atoms with Gasteiger partial charge in [-0.25, -0.2) is 4.90 Å². The van der Waals surface area contributed by atoms with Gasteiger partial charge in [0, 0.05) is 0 Å². The number of halogens is 2. The van der Waals surface area contributed by atoms with E-state index in [1.54, 1.807) is 0 Å². The van der Waals surface area contributed by atoms with Gasteiger partial charge in [-0.3, -0.25) is 9.59 Å². The fraction of sp³-hybridized carbons (Fsp3) is 0.333. The summed E-state index contributed by atoms with van der Waals surface area (Å²) in [6.07, 6.45) is 5.02. The van der Waals surface area contributed by atoms with E-state index in [0.717, 1.165) is 6.42 Å². The van der Waals surface area contributed by atoms with Crippen LogP contribution < -0.4 is 10.6 Å². The van der Waals surface area contributed by atoms with E-state index in [-0.39, 0.29) is 51.2 Å². The number of nitrogens with zero attached hydrogens (tertiary/aromatic N) is 1. The summed E-state index contributed by atoms with van der Waals surface area (Å²) in [5, 5.41) is 0.493. The van der Waals surface area contributed by atoms with E-state index >= 15 is 0 Å². The third-order valence-corrected chi connectivity index (χ3v) is 5.42. The van der Waals surface area contributed by atoms with Crippen molar-refractivity contribution >= 4 is 46.4 Å². The average Bonchev–Trinajstić information content (AvgIpc) is 3.10. The first-order valence-electron chi connectivity index (χ1n) is 6.79. The molecule has 0 aromatic heterocycles. The number of imide groups is 1. The van der Waals surface area contributed by atoms with Crippen molar-refractivity contribution in [2.24, 2.45) is 23.7 Å². The zero-order chi connectivity index (χ0) is 14.9. The Morgan fingerprint density at radius 1 is 1.00 bits per heavy atom. The first-order valence-corrected chi connectivity index (χ1v) is 7.55. The van der Waals surface area contributed by atoms with Crippen LogP contribution in [0.5, 0.6) is 0 Å². The third-order valence-electron chi connectivity index (χ3n) is 4.79. The molecule has 1 saturated carbocycles. The third kappa shape index (κ3) is 1.63. The van der Waals surface area contributed by atoms with Crippen molar-refractivity contribution in [3.8, 4) is 0 Å². The summed E-state index contributed by atoms with van der Waals surface area (Å²) < 4.78 is 0. The van der Waals surface area contributed by atoms with Crippen LogP contribution in [0.25, 0.3) is 0 Å². The fourth-order valence-electron chi connectivity index (χ4n) is 3.86. The van der Waals surface area contributed by atoms with Gasteiger partial charge in [0.25, 0.3) is 0 Å². The van der Waals surface area contributed by atoms with Crippen molar-refractivity contribution in [2.75, 3.05) is 10.6 Å². The highest BCUT2D eigenvalue weighted by molar-refractivity contribution is 6.39. The van der Waals surface area contributed by atoms with Gasteiger partial charge in [-0.1, -0.05) is 35.4 Å². The van der Waals surface area contributed by atoms with Crippen LogP contribution in [0.1, 0.15) is 6.42 Å². The summed E-state index contributed by atoms with van der Waals surface area (Å²) in [4.78, 5) is 26.5. The second-order valence-electron chi connectivity index (χ2n) is 5.83. The number of anilines is 2. The lowest BCUT2D eigenvalue weighted by Crippen LogP contribution is -2.32. The number of hydrogen-bond acceptors (Lipinski definition) is 3. The number of carbonyl (C=O) groups is 2. The molecule has 6 heteroatoms. The van der Waals surface area contributed by atoms with Gasteiger partial charge < -0.3 is 5.73 Å². The van der Waals surface area contributed by atoms with Gasteiger partial charge in [-0.05, 0) is 30.4 Å². The Labute approximate surface area is 131 Å². The molecule has 0 radical (unpaired) electrons. The maximum atomic E-state index is 12.6. The maximum Gasteiger partial charge on any atom is 0.238 e. The summed E-state index contributed by atoms with van der Waals surface area (Å²) >= 11 is 12.0. The molecule has 0 unspecified atom stereocenters. The predicted molar refractivity (Wildman–Crippen MR) is 81.1 cm³/mol. The number of rotatable bonds is 1. The summed E-state index contributed by atoms with van der Waals surface area (Å²) in [6.45, 7) is 0. The Bertz CT molecular complexity index is 663. The van der Waals surface area contributed by atoms with Gasteiger partial charge in [0.15, 0.2) is 0 Å². The number of allylic oxidation sites excluding steroid dienone is 2. The molecule has 1 heterocycles. The number of carbonyl (C=O) groups excluding carboxylic acids is 2. The van der Waals surface area contributed by atoms with E-state index in [0.29, 0.717) is 5.69 Å². The lowest BCUT2D eigenvalue weighted by molar-refractivity contribution is -0.123. The highest BCUT2D eigenvalue weighted by atomic mass is 35.5. The Hall–Kier alpha value is -1.52. The summed E-state index contributed by atoms with van der Waals surface area (Å²) in [7, 11) is 0. The normalized spacial score (nSPS) is 33.1. The molecule has 21 heavy (non-hydrogen) atoms. The average molecular weight is 323 g/mol. The summed E-state index contributed by atoms with van der Waals surface area (Å²) in [5.41, 5.74) is 6.36. The lowest BCUT2D eigenvalue weighted by Gasteiger charge is -2.18. The van der Waals surface area contributed by atoms with Crippen molar-refractivity contribution in [3.63, 3.8) is 0 Å². The first kappa shape index (κ1) is 13.2. The quantitative estimate of drug-likeness (QED) is 0.491. The van der Waals surface area contributed by atoms with Crippen LogP contribution in [-0.2, 0) is 9.59 Å². The maximum absolute atomic E-state index is 12.6. The molecular weight excluding hydrogens is 311 g/mol. The Balaban J connectivity index is 1.78. The molecule has 1 aliphatic heterocycles. The number of benzene rings is 1. The summed E-state index contributed by atoms with van der Waals surface area (Å²) in [5.74, 6) is -0.412. The first-order chi connectivity index (χ1) is 9.99. The molecule has 0 spiro atoms. The second kappa shape index (κ2) is 4.24. The van der Waals surface area contributed by atoms with Crippen LogP contribution in [-0.4, -0.2) is 11.8 Å². The minimum absolute atomic E-state index is 0.154. The molecule has 4 rings (SSSR count). The van der Waals surface area contributed by atoms with Gasteiger partial charge in [-0.2, -0.15) is 0 Å². The van der Waals surface area contributed by atoms with Crippen LogP contribution in [0, 0.1) is 23.7 Å². The molecular formula is C15H12Cl2N2O2. The van der Waals surface area contributed by atoms with E-state index in [1.807, 2.05) is 0 Å². The van der Waals surface area contributed by atoms with Crippen molar-refractivity contribution in [2.45, 2.75) is 6.42 Å². The Morgan fingerprint density at radius 3 is 1.95 bits per heavy atom. The van der Waals surface area contributed by atoms with Crippen molar-refractivity contribution in [3.05, 3.63) is 34.3 Å². The van der Waals surface area contributed by atoms with Gasteiger partial charge in [-0.15, -0.1) is 0 Å². The molecule has 2 aliphatic carbocycles. The molecule has 3 aliphatic rings. The number of fused-ring (bicyclic) bond motifs is 5. The molecule has 2 fully saturated rings. The molecule has 1 saturated heterocycles. The SMILES string of the molecule is Nc1c(Cl)cc(N2C(=O)[C@@H]3[C@H](C2=O)[C@H]2C=C[C@H]3C2)cc1Cl. The van der Waals surface area contributed by atoms with E-state index < -0.39 is 0 Å². The number of nitrogen functional groups attached to an aromatic ring is 1. The Morgan fingerprint density at radius 2 is 1.48 bits per heavy atom. The number of hydrogen-bond donors (Lipinski definition) is 1. The standard InChI is InChI=1S/C15H12Cl2N2O2/c16-9-4-8(5-10(17)13(9)18)19-14(20)11-6-1-2-7(3-6)12(11)15(19)21/h1-2,4-7,11-12H,3,18H2/t6-,7-,11-,12+/m0/s1. The van der Waals surface area contributed by atoms with Crippen molar-refractivity contribution in [1.82, 2.24) is 0 Å². The van der Waals surface area contributed by atoms with E-state index in [2.05, 4.69) is 12.2 Å². The largest absolute Gasteiger partial charge is 0.396 e. The van der Waals surface area contributed by atoms with Crippen LogP contribution in [0.4, 0.5) is 11.4 Å². The molecule has 2 bridgehead atoms. The summed E-state index contributed by atoms with van der Waals surface area (Å²) in [6, 6.07) is 3.05. The number of amides is 2. The van der Waals surface area contributed by atoms with Crippen LogP contribution in [0.15, 0.2) is 24.3 Å². The van der Waals surface area contributed by atoms with Crippen LogP contribution >= 0.6 is 23.2 Å². The zero-order valence-corrected chi connectivity index (χ0v) is 12.4.